The monoisotopic (exact) mass is 389 g/mol. The van der Waals surface area contributed by atoms with Crippen molar-refractivity contribution in [3.8, 4) is 0 Å². The molecule has 0 bridgehead atoms. The smallest absolute Gasteiger partial charge is 0.191 e. The lowest BCUT2D eigenvalue weighted by atomic mass is 10.0. The summed E-state index contributed by atoms with van der Waals surface area (Å²) in [6.07, 6.45) is 4.93. The van der Waals surface area contributed by atoms with Gasteiger partial charge in [-0.2, -0.15) is 0 Å². The van der Waals surface area contributed by atoms with Crippen LogP contribution in [-0.2, 0) is 6.42 Å². The molecule has 0 radical (unpaired) electrons. The lowest BCUT2D eigenvalue weighted by molar-refractivity contribution is 0.467. The Morgan fingerprint density at radius 2 is 2.33 bits per heavy atom. The summed E-state index contributed by atoms with van der Waals surface area (Å²) in [6.45, 7) is 7.48. The highest BCUT2D eigenvalue weighted by atomic mass is 32.1. The van der Waals surface area contributed by atoms with Crippen molar-refractivity contribution in [2.24, 2.45) is 4.99 Å². The fourth-order valence-electron chi connectivity index (χ4n) is 3.30. The van der Waals surface area contributed by atoms with Crippen LogP contribution in [-0.4, -0.2) is 43.2 Å². The van der Waals surface area contributed by atoms with Crippen LogP contribution in [0, 0.1) is 12.7 Å². The second-order valence-corrected chi connectivity index (χ2v) is 8.10. The maximum absolute atomic E-state index is 13.5. The Hall–Kier alpha value is -2.15. The van der Waals surface area contributed by atoms with Crippen LogP contribution in [0.1, 0.15) is 29.7 Å². The highest BCUT2D eigenvalue weighted by Crippen LogP contribution is 2.20. The molecule has 1 atom stereocenters. The van der Waals surface area contributed by atoms with Gasteiger partial charge in [0.15, 0.2) is 5.96 Å². The Morgan fingerprint density at radius 3 is 3.07 bits per heavy atom. The lowest BCUT2D eigenvalue weighted by Crippen LogP contribution is -2.51. The molecule has 5 nitrogen and oxygen atoms in total. The van der Waals surface area contributed by atoms with Crippen LogP contribution in [0.15, 0.2) is 35.5 Å². The maximum atomic E-state index is 13.5. The van der Waals surface area contributed by atoms with E-state index in [0.29, 0.717) is 12.6 Å². The van der Waals surface area contributed by atoms with Crippen LogP contribution in [0.3, 0.4) is 0 Å². The number of piperidine rings is 1. The minimum absolute atomic E-state index is 0.185. The summed E-state index contributed by atoms with van der Waals surface area (Å²) in [5.41, 5.74) is 0.947. The van der Waals surface area contributed by atoms with E-state index in [1.165, 1.54) is 10.9 Å². The molecule has 27 heavy (non-hydrogen) atoms. The number of hydrogen-bond donors (Lipinski definition) is 2. The average Bonchev–Trinajstić information content (AvgIpc) is 3.07. The van der Waals surface area contributed by atoms with E-state index in [9.17, 15) is 4.39 Å². The predicted molar refractivity (Wildman–Crippen MR) is 111 cm³/mol. The van der Waals surface area contributed by atoms with E-state index in [2.05, 4.69) is 34.4 Å². The van der Waals surface area contributed by atoms with E-state index >= 15 is 0 Å². The number of anilines is 1. The van der Waals surface area contributed by atoms with Gasteiger partial charge in [-0.25, -0.2) is 9.37 Å². The van der Waals surface area contributed by atoms with Crippen molar-refractivity contribution in [2.45, 2.75) is 39.2 Å². The van der Waals surface area contributed by atoms with Crippen molar-refractivity contribution in [2.75, 3.05) is 31.1 Å². The molecule has 1 saturated heterocycles. The molecule has 1 aromatic carbocycles. The van der Waals surface area contributed by atoms with Gasteiger partial charge >= 0.3 is 0 Å². The number of nitrogens with one attached hydrogen (secondary N) is 2. The van der Waals surface area contributed by atoms with Gasteiger partial charge in [0.05, 0.1) is 5.01 Å². The Bertz CT molecular complexity index is 760. The average molecular weight is 390 g/mol. The number of aliphatic imine (C=N–C) groups is 1. The minimum atomic E-state index is -0.185. The Morgan fingerprint density at radius 1 is 1.44 bits per heavy atom. The molecule has 2 aromatic rings. The summed E-state index contributed by atoms with van der Waals surface area (Å²) in [5, 5.41) is 8.00. The zero-order valence-electron chi connectivity index (χ0n) is 16.0. The van der Waals surface area contributed by atoms with E-state index in [4.69, 9.17) is 4.99 Å². The first-order valence-corrected chi connectivity index (χ1v) is 10.4. The fraction of sp³-hybridized carbons (Fsp3) is 0.500. The van der Waals surface area contributed by atoms with Crippen molar-refractivity contribution < 1.29 is 4.39 Å². The van der Waals surface area contributed by atoms with Crippen LogP contribution >= 0.6 is 11.3 Å². The molecular weight excluding hydrogens is 361 g/mol. The highest BCUT2D eigenvalue weighted by molar-refractivity contribution is 7.11. The molecule has 0 aliphatic carbocycles. The summed E-state index contributed by atoms with van der Waals surface area (Å²) >= 11 is 1.73. The number of nitrogens with zero attached hydrogens (tertiary/aromatic N) is 3. The number of thiazole rings is 1. The van der Waals surface area contributed by atoms with Gasteiger partial charge in [0.25, 0.3) is 0 Å². The summed E-state index contributed by atoms with van der Waals surface area (Å²) in [6, 6.07) is 7.14. The van der Waals surface area contributed by atoms with Crippen LogP contribution < -0.4 is 15.5 Å². The lowest BCUT2D eigenvalue weighted by Gasteiger charge is -2.35. The van der Waals surface area contributed by atoms with E-state index in [1.54, 1.807) is 23.5 Å². The number of hydrogen-bond acceptors (Lipinski definition) is 4. The van der Waals surface area contributed by atoms with Crippen molar-refractivity contribution in [3.05, 3.63) is 46.2 Å². The van der Waals surface area contributed by atoms with Gasteiger partial charge < -0.3 is 15.5 Å². The largest absolute Gasteiger partial charge is 0.369 e. The number of aromatic nitrogens is 1. The molecule has 1 aliphatic rings. The number of benzene rings is 1. The third-order valence-electron chi connectivity index (χ3n) is 4.54. The first-order chi connectivity index (χ1) is 13.1. The van der Waals surface area contributed by atoms with Gasteiger partial charge in [-0.1, -0.05) is 6.07 Å². The van der Waals surface area contributed by atoms with Gasteiger partial charge in [-0.15, -0.1) is 11.3 Å². The minimum Gasteiger partial charge on any atom is -0.369 e. The SMILES string of the molecule is CCNC(=NCCc1ncc(C)s1)NC1CCCN(c2cccc(F)c2)C1. The number of guanidine groups is 1. The maximum Gasteiger partial charge on any atom is 0.191 e. The molecule has 2 N–H and O–H groups in total. The van der Waals surface area contributed by atoms with Gasteiger partial charge in [0.2, 0.25) is 0 Å². The summed E-state index contributed by atoms with van der Waals surface area (Å²) < 4.78 is 13.5. The molecule has 1 unspecified atom stereocenters. The van der Waals surface area contributed by atoms with E-state index in [-0.39, 0.29) is 5.82 Å². The topological polar surface area (TPSA) is 52.6 Å². The normalized spacial score (nSPS) is 17.8. The van der Waals surface area contributed by atoms with Gasteiger partial charge in [0, 0.05) is 55.4 Å². The number of aryl methyl sites for hydroxylation is 1. The fourth-order valence-corrected chi connectivity index (χ4v) is 4.07. The van der Waals surface area contributed by atoms with Crippen molar-refractivity contribution in [1.29, 1.82) is 0 Å². The third-order valence-corrected chi connectivity index (χ3v) is 5.52. The Kier molecular flexibility index (Phi) is 7.04. The molecular formula is C20H28FN5S. The number of rotatable bonds is 6. The summed E-state index contributed by atoms with van der Waals surface area (Å²) in [4.78, 5) is 12.6. The molecule has 146 valence electrons. The standard InChI is InChI=1S/C20H28FN5S/c1-3-22-20(23-10-9-19-24-13-15(2)27-19)25-17-7-5-11-26(14-17)18-8-4-6-16(21)12-18/h4,6,8,12-13,17H,3,5,7,9-11,14H2,1-2H3,(H2,22,23,25). The number of halogens is 1. The Labute approximate surface area is 164 Å². The molecule has 2 heterocycles. The molecule has 1 aliphatic heterocycles. The van der Waals surface area contributed by atoms with Crippen LogP contribution in [0.4, 0.5) is 10.1 Å². The third kappa shape index (κ3) is 5.92. The first kappa shape index (κ1) is 19.6. The molecule has 0 saturated carbocycles. The van der Waals surface area contributed by atoms with Gasteiger partial charge in [-0.3, -0.25) is 4.99 Å². The molecule has 0 spiro atoms. The highest BCUT2D eigenvalue weighted by Gasteiger charge is 2.21. The molecule has 7 heteroatoms. The second-order valence-electron chi connectivity index (χ2n) is 6.78. The molecule has 1 aromatic heterocycles. The van der Waals surface area contributed by atoms with E-state index in [1.807, 2.05) is 12.3 Å². The zero-order chi connectivity index (χ0) is 19.1. The van der Waals surface area contributed by atoms with Crippen molar-refractivity contribution >= 4 is 23.0 Å². The summed E-state index contributed by atoms with van der Waals surface area (Å²) in [7, 11) is 0. The first-order valence-electron chi connectivity index (χ1n) is 9.60. The van der Waals surface area contributed by atoms with Gasteiger partial charge in [-0.05, 0) is 44.9 Å². The summed E-state index contributed by atoms with van der Waals surface area (Å²) in [5.74, 6) is 0.659. The molecule has 1 fully saturated rings. The van der Waals surface area contributed by atoms with E-state index in [0.717, 1.165) is 55.6 Å². The van der Waals surface area contributed by atoms with Crippen LogP contribution in [0.25, 0.3) is 0 Å². The Balaban J connectivity index is 1.57. The molecule has 3 rings (SSSR count). The molecule has 0 amide bonds. The van der Waals surface area contributed by atoms with E-state index < -0.39 is 0 Å². The van der Waals surface area contributed by atoms with Crippen molar-refractivity contribution in [1.82, 2.24) is 15.6 Å². The predicted octanol–water partition coefficient (Wildman–Crippen LogP) is 3.36. The van der Waals surface area contributed by atoms with Crippen LogP contribution in [0.5, 0.6) is 0 Å². The van der Waals surface area contributed by atoms with Crippen molar-refractivity contribution in [3.63, 3.8) is 0 Å². The quantitative estimate of drug-likeness (QED) is 0.588. The van der Waals surface area contributed by atoms with Crippen LogP contribution in [0.2, 0.25) is 0 Å². The zero-order valence-corrected chi connectivity index (χ0v) is 16.9. The van der Waals surface area contributed by atoms with Gasteiger partial charge in [0.1, 0.15) is 5.82 Å². The second kappa shape index (κ2) is 9.69.